The normalized spacial score (nSPS) is 41.9. The third-order valence-electron chi connectivity index (χ3n) is 6.25. The van der Waals surface area contributed by atoms with E-state index in [4.69, 9.17) is 4.74 Å². The number of fused-ring (bicyclic) bond motifs is 4. The average molecular weight is 252 g/mol. The Morgan fingerprint density at radius 3 is 3.05 bits per heavy atom. The van der Waals surface area contributed by atoms with E-state index >= 15 is 0 Å². The molecular weight excluding hydrogens is 232 g/mol. The maximum Gasteiger partial charge on any atom is 0.126 e. The predicted molar refractivity (Wildman–Crippen MR) is 75.9 cm³/mol. The molecule has 1 nitrogen and oxygen atoms in total. The minimum absolute atomic E-state index is 0.610. The van der Waals surface area contributed by atoms with Gasteiger partial charge in [-0.25, -0.2) is 0 Å². The van der Waals surface area contributed by atoms with Gasteiger partial charge in [0.1, 0.15) is 5.75 Å². The molecule has 98 valence electrons. The number of hydrogen-bond donors (Lipinski definition) is 0. The molecule has 2 fully saturated rings. The first kappa shape index (κ1) is 10.5. The maximum absolute atomic E-state index is 6.08. The minimum Gasteiger partial charge on any atom is -0.492 e. The third-order valence-corrected chi connectivity index (χ3v) is 6.25. The summed E-state index contributed by atoms with van der Waals surface area (Å²) >= 11 is 0. The summed E-state index contributed by atoms with van der Waals surface area (Å²) in [4.78, 5) is 0. The molecule has 2 saturated carbocycles. The third kappa shape index (κ3) is 1.17. The highest BCUT2D eigenvalue weighted by atomic mass is 16.5. The first-order valence-electron chi connectivity index (χ1n) is 7.85. The molecule has 4 aliphatic rings. The van der Waals surface area contributed by atoms with Crippen molar-refractivity contribution in [1.82, 2.24) is 0 Å². The van der Waals surface area contributed by atoms with Crippen LogP contribution >= 0.6 is 0 Å². The van der Waals surface area contributed by atoms with Crippen molar-refractivity contribution >= 4 is 5.57 Å². The highest BCUT2D eigenvalue weighted by Gasteiger charge is 2.70. The smallest absolute Gasteiger partial charge is 0.126 e. The van der Waals surface area contributed by atoms with E-state index in [9.17, 15) is 0 Å². The molecular formula is C18H20O. The van der Waals surface area contributed by atoms with Gasteiger partial charge in [0.25, 0.3) is 0 Å². The number of allylic oxidation sites excluding steroid dienone is 1. The largest absolute Gasteiger partial charge is 0.492 e. The second-order valence-electron chi connectivity index (χ2n) is 6.83. The van der Waals surface area contributed by atoms with Crippen molar-refractivity contribution < 1.29 is 4.74 Å². The Labute approximate surface area is 114 Å². The van der Waals surface area contributed by atoms with Crippen LogP contribution in [0.25, 0.3) is 5.57 Å². The minimum atomic E-state index is 0.610. The van der Waals surface area contributed by atoms with E-state index in [0.717, 1.165) is 24.2 Å². The molecule has 1 spiro atoms. The van der Waals surface area contributed by atoms with E-state index in [1.807, 2.05) is 0 Å². The van der Waals surface area contributed by atoms with Crippen molar-refractivity contribution in [3.8, 4) is 5.75 Å². The average Bonchev–Trinajstić information content (AvgIpc) is 3.00. The van der Waals surface area contributed by atoms with Crippen molar-refractivity contribution in [3.05, 3.63) is 35.9 Å². The summed E-state index contributed by atoms with van der Waals surface area (Å²) in [7, 11) is 0. The van der Waals surface area contributed by atoms with Crippen molar-refractivity contribution in [2.75, 3.05) is 6.61 Å². The van der Waals surface area contributed by atoms with Crippen molar-refractivity contribution in [2.45, 2.75) is 32.1 Å². The summed E-state index contributed by atoms with van der Waals surface area (Å²) in [6.07, 6.45) is 9.88. The van der Waals surface area contributed by atoms with Crippen molar-refractivity contribution in [1.29, 1.82) is 0 Å². The Balaban J connectivity index is 1.60. The lowest BCUT2D eigenvalue weighted by atomic mass is 9.78. The molecule has 1 heterocycles. The summed E-state index contributed by atoms with van der Waals surface area (Å²) in [5.41, 5.74) is 3.60. The van der Waals surface area contributed by atoms with Gasteiger partial charge in [0.15, 0.2) is 0 Å². The Morgan fingerprint density at radius 1 is 1.11 bits per heavy atom. The van der Waals surface area contributed by atoms with Crippen LogP contribution in [0.2, 0.25) is 0 Å². The van der Waals surface area contributed by atoms with E-state index in [1.54, 1.807) is 5.57 Å². The molecule has 1 heteroatoms. The van der Waals surface area contributed by atoms with Gasteiger partial charge >= 0.3 is 0 Å². The highest BCUT2D eigenvalue weighted by Crippen LogP contribution is 2.76. The van der Waals surface area contributed by atoms with Gasteiger partial charge in [0.2, 0.25) is 0 Å². The summed E-state index contributed by atoms with van der Waals surface area (Å²) in [6, 6.07) is 8.61. The van der Waals surface area contributed by atoms with E-state index in [1.165, 1.54) is 37.7 Å². The molecule has 0 unspecified atom stereocenters. The van der Waals surface area contributed by atoms with Crippen molar-refractivity contribution in [2.24, 2.45) is 23.2 Å². The lowest BCUT2D eigenvalue weighted by molar-refractivity contribution is 0.193. The van der Waals surface area contributed by atoms with Crippen LogP contribution in [0.5, 0.6) is 5.75 Å². The van der Waals surface area contributed by atoms with Crippen LogP contribution in [0, 0.1) is 23.2 Å². The van der Waals surface area contributed by atoms with Gasteiger partial charge in [0.05, 0.1) is 6.61 Å². The second kappa shape index (κ2) is 3.45. The van der Waals surface area contributed by atoms with Crippen LogP contribution in [0.3, 0.4) is 0 Å². The van der Waals surface area contributed by atoms with Gasteiger partial charge < -0.3 is 4.74 Å². The van der Waals surface area contributed by atoms with Gasteiger partial charge in [-0.3, -0.25) is 0 Å². The van der Waals surface area contributed by atoms with Crippen LogP contribution in [0.1, 0.15) is 37.7 Å². The Morgan fingerprint density at radius 2 is 2.05 bits per heavy atom. The molecule has 1 aliphatic heterocycles. The molecule has 5 rings (SSSR count). The van der Waals surface area contributed by atoms with Gasteiger partial charge in [-0.2, -0.15) is 0 Å². The van der Waals surface area contributed by atoms with Crippen LogP contribution in [0.4, 0.5) is 0 Å². The quantitative estimate of drug-likeness (QED) is 0.669. The first-order valence-corrected chi connectivity index (χ1v) is 7.85. The van der Waals surface area contributed by atoms with Gasteiger partial charge in [-0.05, 0) is 41.7 Å². The number of para-hydroxylation sites is 1. The molecule has 0 amide bonds. The molecule has 0 bridgehead atoms. The Bertz CT molecular complexity index is 573. The molecule has 0 aromatic heterocycles. The topological polar surface area (TPSA) is 9.23 Å². The molecule has 1 aromatic carbocycles. The number of hydrogen-bond acceptors (Lipinski definition) is 1. The number of benzene rings is 1. The molecule has 4 atom stereocenters. The Kier molecular flexibility index (Phi) is 1.91. The van der Waals surface area contributed by atoms with Crippen LogP contribution in [-0.4, -0.2) is 6.61 Å². The van der Waals surface area contributed by atoms with E-state index in [0.29, 0.717) is 11.3 Å². The molecule has 0 N–H and O–H groups in total. The van der Waals surface area contributed by atoms with Crippen LogP contribution < -0.4 is 4.74 Å². The molecule has 0 saturated heterocycles. The maximum atomic E-state index is 6.08. The standard InChI is InChI=1S/C18H20O/c1-2-7-14-15-10-13-12-6-3-4-8-17(12)19-11-16(13)18(14,15)9-5-1/h3-4,6,8,10,14-16H,1-2,5,7,9,11H2/t14-,15-,16-,18+/m1/s1. The predicted octanol–water partition coefficient (Wildman–Crippen LogP) is 4.29. The Hall–Kier alpha value is -1.24. The fourth-order valence-corrected chi connectivity index (χ4v) is 5.41. The zero-order chi connectivity index (χ0) is 12.4. The number of rotatable bonds is 0. The molecule has 19 heavy (non-hydrogen) atoms. The molecule has 0 radical (unpaired) electrons. The monoisotopic (exact) mass is 252 g/mol. The van der Waals surface area contributed by atoms with Crippen LogP contribution in [-0.2, 0) is 0 Å². The van der Waals surface area contributed by atoms with Crippen molar-refractivity contribution in [3.63, 3.8) is 0 Å². The summed E-state index contributed by atoms with van der Waals surface area (Å²) in [5.74, 6) is 3.66. The summed E-state index contributed by atoms with van der Waals surface area (Å²) in [5, 5.41) is 0. The summed E-state index contributed by atoms with van der Waals surface area (Å²) in [6.45, 7) is 0.926. The summed E-state index contributed by atoms with van der Waals surface area (Å²) < 4.78 is 6.08. The molecule has 1 aromatic rings. The lowest BCUT2D eigenvalue weighted by Gasteiger charge is -2.32. The SMILES string of the molecule is C1=C2c3ccccc3OC[C@H]2[C@@]23CCCCC[C@@H]2[C@@H]13. The lowest BCUT2D eigenvalue weighted by Crippen LogP contribution is -2.28. The molecule has 3 aliphatic carbocycles. The van der Waals surface area contributed by atoms with Gasteiger partial charge in [0, 0.05) is 11.5 Å². The zero-order valence-corrected chi connectivity index (χ0v) is 11.3. The fraction of sp³-hybridized carbons (Fsp3) is 0.556. The second-order valence-corrected chi connectivity index (χ2v) is 6.83. The van der Waals surface area contributed by atoms with Gasteiger partial charge in [-0.15, -0.1) is 0 Å². The zero-order valence-electron chi connectivity index (χ0n) is 11.3. The fourth-order valence-electron chi connectivity index (χ4n) is 5.41. The van der Waals surface area contributed by atoms with E-state index in [-0.39, 0.29) is 0 Å². The van der Waals surface area contributed by atoms with E-state index in [2.05, 4.69) is 30.3 Å². The highest BCUT2D eigenvalue weighted by molar-refractivity contribution is 5.78. The van der Waals surface area contributed by atoms with Crippen LogP contribution in [0.15, 0.2) is 30.3 Å². The number of ether oxygens (including phenoxy) is 1. The first-order chi connectivity index (χ1) is 9.41. The van der Waals surface area contributed by atoms with E-state index < -0.39 is 0 Å². The van der Waals surface area contributed by atoms with Gasteiger partial charge in [-0.1, -0.05) is 43.5 Å².